The van der Waals surface area contributed by atoms with Crippen LogP contribution in [0.5, 0.6) is 17.2 Å². The highest BCUT2D eigenvalue weighted by atomic mass is 35.5. The van der Waals surface area contributed by atoms with Crippen molar-refractivity contribution in [3.63, 3.8) is 0 Å². The molecule has 2 N–H and O–H groups in total. The minimum Gasteiger partial charge on any atom is -0.507 e. The Morgan fingerprint density at radius 3 is 2.54 bits per heavy atom. The Bertz CT molecular complexity index is 1420. The number of aromatic amines is 1. The predicted octanol–water partition coefficient (Wildman–Crippen LogP) is 6.37. The summed E-state index contributed by atoms with van der Waals surface area (Å²) in [7, 11) is 0. The van der Waals surface area contributed by atoms with Gasteiger partial charge in [-0.3, -0.25) is 9.89 Å². The van der Waals surface area contributed by atoms with Gasteiger partial charge in [-0.05, 0) is 60.9 Å². The van der Waals surface area contributed by atoms with Gasteiger partial charge in [0.05, 0.1) is 19.3 Å². The number of hydrogen-bond donors (Lipinski definition) is 2. The molecule has 1 atom stereocenters. The Morgan fingerprint density at radius 2 is 1.81 bits per heavy atom. The number of aromatic hydroxyl groups is 1. The second-order valence-corrected chi connectivity index (χ2v) is 9.26. The minimum absolute atomic E-state index is 0.0949. The number of hydrogen-bond acceptors (Lipinski definition) is 5. The maximum absolute atomic E-state index is 13.7. The third kappa shape index (κ3) is 4.74. The number of H-pyrrole nitrogens is 1. The lowest BCUT2D eigenvalue weighted by molar-refractivity contribution is 0.0729. The first kappa shape index (κ1) is 24.7. The van der Waals surface area contributed by atoms with Gasteiger partial charge >= 0.3 is 0 Å². The molecule has 0 aliphatic carbocycles. The van der Waals surface area contributed by atoms with E-state index in [4.69, 9.17) is 21.1 Å². The molecular formula is C29H28ClN3O4. The Hall–Kier alpha value is -3.97. The molecule has 37 heavy (non-hydrogen) atoms. The minimum atomic E-state index is -0.467. The van der Waals surface area contributed by atoms with Crippen LogP contribution in [0.15, 0.2) is 66.7 Å². The van der Waals surface area contributed by atoms with Crippen molar-refractivity contribution < 1.29 is 19.4 Å². The molecule has 1 amide bonds. The van der Waals surface area contributed by atoms with Crippen molar-refractivity contribution in [2.24, 2.45) is 0 Å². The fourth-order valence-corrected chi connectivity index (χ4v) is 4.79. The summed E-state index contributed by atoms with van der Waals surface area (Å²) in [6, 6.07) is 19.7. The van der Waals surface area contributed by atoms with Gasteiger partial charge in [0.2, 0.25) is 0 Å². The molecule has 4 aromatic rings. The molecule has 0 saturated carbocycles. The predicted molar refractivity (Wildman–Crippen MR) is 142 cm³/mol. The van der Waals surface area contributed by atoms with Crippen LogP contribution in [-0.2, 0) is 6.54 Å². The van der Waals surface area contributed by atoms with Crippen molar-refractivity contribution in [1.82, 2.24) is 15.1 Å². The molecule has 1 aliphatic rings. The van der Waals surface area contributed by atoms with Crippen LogP contribution in [-0.4, -0.2) is 39.3 Å². The molecule has 5 rings (SSSR count). The van der Waals surface area contributed by atoms with Crippen molar-refractivity contribution in [1.29, 1.82) is 0 Å². The second kappa shape index (κ2) is 10.6. The van der Waals surface area contributed by atoms with Crippen molar-refractivity contribution in [3.05, 3.63) is 94.1 Å². The van der Waals surface area contributed by atoms with Gasteiger partial charge in [-0.1, -0.05) is 48.9 Å². The van der Waals surface area contributed by atoms with Gasteiger partial charge in [0.15, 0.2) is 11.5 Å². The highest BCUT2D eigenvalue weighted by Crippen LogP contribution is 2.46. The zero-order chi connectivity index (χ0) is 25.9. The molecular weight excluding hydrogens is 490 g/mol. The number of para-hydroxylation sites is 1. The number of rotatable bonds is 9. The molecule has 2 heterocycles. The second-order valence-electron chi connectivity index (χ2n) is 8.83. The molecule has 0 radical (unpaired) electrons. The van der Waals surface area contributed by atoms with E-state index in [1.165, 1.54) is 0 Å². The molecule has 3 aromatic carbocycles. The average Bonchev–Trinajstić information content (AvgIpc) is 3.44. The Kier molecular flexibility index (Phi) is 7.06. The number of carbonyl (C=O) groups excluding carboxylic acids is 1. The number of phenols is 1. The molecule has 190 valence electrons. The Morgan fingerprint density at radius 1 is 1.03 bits per heavy atom. The van der Waals surface area contributed by atoms with Crippen LogP contribution in [0.25, 0.3) is 11.3 Å². The first-order valence-electron chi connectivity index (χ1n) is 12.3. The third-order valence-electron chi connectivity index (χ3n) is 6.33. The van der Waals surface area contributed by atoms with Crippen molar-refractivity contribution in [2.75, 3.05) is 13.2 Å². The van der Waals surface area contributed by atoms with E-state index in [1.54, 1.807) is 23.1 Å². The Balaban J connectivity index is 1.64. The van der Waals surface area contributed by atoms with Gasteiger partial charge in [-0.25, -0.2) is 0 Å². The first-order valence-corrected chi connectivity index (χ1v) is 12.7. The molecule has 0 bridgehead atoms. The van der Waals surface area contributed by atoms with Gasteiger partial charge < -0.3 is 19.5 Å². The summed E-state index contributed by atoms with van der Waals surface area (Å²) in [5.41, 5.74) is 4.00. The number of nitrogens with zero attached hydrogens (tertiary/aromatic N) is 2. The molecule has 8 heteroatoms. The van der Waals surface area contributed by atoms with Gasteiger partial charge in [0.25, 0.3) is 5.91 Å². The summed E-state index contributed by atoms with van der Waals surface area (Å²) in [4.78, 5) is 15.5. The topological polar surface area (TPSA) is 87.7 Å². The van der Waals surface area contributed by atoms with Crippen LogP contribution in [0.2, 0.25) is 5.02 Å². The number of benzene rings is 3. The highest BCUT2D eigenvalue weighted by Gasteiger charge is 2.42. The summed E-state index contributed by atoms with van der Waals surface area (Å²) in [5.74, 6) is 1.20. The first-order chi connectivity index (χ1) is 18.0. The maximum Gasteiger partial charge on any atom is 0.273 e. The van der Waals surface area contributed by atoms with Crippen molar-refractivity contribution in [2.45, 2.75) is 32.9 Å². The molecule has 0 spiro atoms. The lowest BCUT2D eigenvalue weighted by atomic mass is 9.95. The zero-order valence-corrected chi connectivity index (χ0v) is 21.5. The van der Waals surface area contributed by atoms with Crippen LogP contribution < -0.4 is 9.47 Å². The maximum atomic E-state index is 13.7. The van der Waals surface area contributed by atoms with Gasteiger partial charge in [0, 0.05) is 22.7 Å². The summed E-state index contributed by atoms with van der Waals surface area (Å²) in [6.07, 6.45) is 0.877. The molecule has 1 unspecified atom stereocenters. The van der Waals surface area contributed by atoms with E-state index in [0.29, 0.717) is 58.8 Å². The largest absolute Gasteiger partial charge is 0.507 e. The Labute approximate surface area is 220 Å². The molecule has 0 saturated heterocycles. The van der Waals surface area contributed by atoms with Crippen LogP contribution in [0, 0.1) is 0 Å². The summed E-state index contributed by atoms with van der Waals surface area (Å²) in [6.45, 7) is 5.39. The third-order valence-corrected chi connectivity index (χ3v) is 6.59. The number of ether oxygens (including phenoxy) is 2. The average molecular weight is 518 g/mol. The number of amides is 1. The molecule has 0 fully saturated rings. The highest BCUT2D eigenvalue weighted by molar-refractivity contribution is 6.30. The zero-order valence-electron chi connectivity index (χ0n) is 20.7. The van der Waals surface area contributed by atoms with Gasteiger partial charge in [-0.2, -0.15) is 5.10 Å². The number of phenolic OH excluding ortho intramolecular Hbond substituents is 1. The number of aromatic nitrogens is 2. The monoisotopic (exact) mass is 517 g/mol. The normalized spacial score (nSPS) is 14.6. The smallest absolute Gasteiger partial charge is 0.273 e. The summed E-state index contributed by atoms with van der Waals surface area (Å²) < 4.78 is 11.8. The molecule has 7 nitrogen and oxygen atoms in total. The number of halogens is 1. The molecule has 1 aliphatic heterocycles. The fourth-order valence-electron chi connectivity index (χ4n) is 4.67. The van der Waals surface area contributed by atoms with Gasteiger partial charge in [0.1, 0.15) is 17.1 Å². The van der Waals surface area contributed by atoms with Gasteiger partial charge in [-0.15, -0.1) is 0 Å². The number of nitrogens with one attached hydrogen (secondary N) is 1. The van der Waals surface area contributed by atoms with E-state index in [-0.39, 0.29) is 11.7 Å². The van der Waals surface area contributed by atoms with E-state index in [0.717, 1.165) is 17.5 Å². The SMILES string of the molecule is CCCOc1ccc(C2c3c(-c4ccccc4O)n[nH]c3C(=O)N2Cc2ccc(Cl)cc2)cc1OCC. The van der Waals surface area contributed by atoms with E-state index in [2.05, 4.69) is 17.1 Å². The fraction of sp³-hybridized carbons (Fsp3) is 0.241. The lowest BCUT2D eigenvalue weighted by Crippen LogP contribution is -2.29. The van der Waals surface area contributed by atoms with E-state index >= 15 is 0 Å². The number of carbonyl (C=O) groups is 1. The van der Waals surface area contributed by atoms with Crippen molar-refractivity contribution in [3.8, 4) is 28.5 Å². The molecule has 1 aromatic heterocycles. The summed E-state index contributed by atoms with van der Waals surface area (Å²) in [5, 5.41) is 18.6. The van der Waals surface area contributed by atoms with Crippen LogP contribution in [0.1, 0.15) is 53.5 Å². The van der Waals surface area contributed by atoms with E-state index in [9.17, 15) is 9.90 Å². The van der Waals surface area contributed by atoms with Crippen LogP contribution in [0.4, 0.5) is 0 Å². The van der Waals surface area contributed by atoms with E-state index in [1.807, 2.05) is 55.5 Å². The standard InChI is InChI=1S/C29H28ClN3O4/c1-3-15-37-23-14-11-19(16-24(23)36-4-2)28-25-26(21-7-5-6-8-22(21)34)31-32-27(25)29(35)33(28)17-18-9-12-20(30)13-10-18/h5-14,16,28,34H,3-4,15,17H2,1-2H3,(H,31,32). The lowest BCUT2D eigenvalue weighted by Gasteiger charge is -2.27. The quantitative estimate of drug-likeness (QED) is 0.269. The summed E-state index contributed by atoms with van der Waals surface area (Å²) >= 11 is 6.10. The number of fused-ring (bicyclic) bond motifs is 1. The van der Waals surface area contributed by atoms with E-state index < -0.39 is 6.04 Å². The van der Waals surface area contributed by atoms with Crippen LogP contribution >= 0.6 is 11.6 Å². The van der Waals surface area contributed by atoms with Crippen LogP contribution in [0.3, 0.4) is 0 Å². The van der Waals surface area contributed by atoms with Crippen molar-refractivity contribution >= 4 is 17.5 Å².